The molecule has 0 heterocycles. The SMILES string of the molecule is CCC(CC)C(O)CNC(=O)c1cccc(OC)c1N. The number of nitrogens with two attached hydrogens (primary N) is 1. The van der Waals surface area contributed by atoms with Crippen molar-refractivity contribution < 1.29 is 14.6 Å². The third kappa shape index (κ3) is 3.87. The first-order valence-corrected chi connectivity index (χ1v) is 6.93. The molecule has 4 N–H and O–H groups in total. The van der Waals surface area contributed by atoms with E-state index in [1.54, 1.807) is 18.2 Å². The Morgan fingerprint density at radius 1 is 1.40 bits per heavy atom. The number of aliphatic hydroxyl groups is 1. The molecule has 0 fully saturated rings. The van der Waals surface area contributed by atoms with Crippen molar-refractivity contribution in [3.05, 3.63) is 23.8 Å². The highest BCUT2D eigenvalue weighted by Gasteiger charge is 2.18. The molecule has 0 aliphatic heterocycles. The van der Waals surface area contributed by atoms with E-state index in [2.05, 4.69) is 5.32 Å². The molecule has 5 nitrogen and oxygen atoms in total. The van der Waals surface area contributed by atoms with Crippen molar-refractivity contribution in [2.24, 2.45) is 5.92 Å². The molecule has 112 valence electrons. The number of hydrogen-bond acceptors (Lipinski definition) is 4. The number of benzene rings is 1. The second kappa shape index (κ2) is 7.75. The van der Waals surface area contributed by atoms with Gasteiger partial charge in [0.15, 0.2) is 0 Å². The summed E-state index contributed by atoms with van der Waals surface area (Å²) in [7, 11) is 1.50. The van der Waals surface area contributed by atoms with Gasteiger partial charge in [0.25, 0.3) is 5.91 Å². The number of nitrogens with one attached hydrogen (secondary N) is 1. The lowest BCUT2D eigenvalue weighted by Crippen LogP contribution is -2.36. The summed E-state index contributed by atoms with van der Waals surface area (Å²) in [6.45, 7) is 4.28. The molecule has 5 heteroatoms. The smallest absolute Gasteiger partial charge is 0.253 e. The molecule has 0 radical (unpaired) electrons. The van der Waals surface area contributed by atoms with Crippen LogP contribution in [-0.2, 0) is 0 Å². The fourth-order valence-electron chi connectivity index (χ4n) is 2.21. The molecule has 1 unspecified atom stereocenters. The molecular formula is C15H24N2O3. The quantitative estimate of drug-likeness (QED) is 0.665. The number of hydrogen-bond donors (Lipinski definition) is 3. The summed E-state index contributed by atoms with van der Waals surface area (Å²) < 4.78 is 5.08. The van der Waals surface area contributed by atoms with Gasteiger partial charge in [-0.15, -0.1) is 0 Å². The van der Waals surface area contributed by atoms with Crippen molar-refractivity contribution in [2.45, 2.75) is 32.8 Å². The van der Waals surface area contributed by atoms with Crippen molar-refractivity contribution in [3.63, 3.8) is 0 Å². The van der Waals surface area contributed by atoms with Gasteiger partial charge in [-0.2, -0.15) is 0 Å². The minimum atomic E-state index is -0.541. The van der Waals surface area contributed by atoms with E-state index >= 15 is 0 Å². The molecule has 1 atom stereocenters. The van der Waals surface area contributed by atoms with Crippen molar-refractivity contribution in [1.29, 1.82) is 0 Å². The zero-order valence-electron chi connectivity index (χ0n) is 12.3. The number of rotatable bonds is 7. The van der Waals surface area contributed by atoms with Gasteiger partial charge in [0.1, 0.15) is 5.75 Å². The largest absolute Gasteiger partial charge is 0.495 e. The number of carbonyl (C=O) groups is 1. The van der Waals surface area contributed by atoms with Crippen LogP contribution in [0.15, 0.2) is 18.2 Å². The molecule has 1 amide bonds. The minimum absolute atomic E-state index is 0.193. The Bertz CT molecular complexity index is 445. The summed E-state index contributed by atoms with van der Waals surface area (Å²) in [5, 5.41) is 12.7. The fourth-order valence-corrected chi connectivity index (χ4v) is 2.21. The molecule has 0 aliphatic carbocycles. The predicted molar refractivity (Wildman–Crippen MR) is 79.8 cm³/mol. The summed E-state index contributed by atoms with van der Waals surface area (Å²) in [6.07, 6.45) is 1.23. The van der Waals surface area contributed by atoms with Gasteiger partial charge in [0, 0.05) is 6.54 Å². The Morgan fingerprint density at radius 3 is 2.60 bits per heavy atom. The van der Waals surface area contributed by atoms with Crippen LogP contribution in [0, 0.1) is 5.92 Å². The maximum atomic E-state index is 12.1. The lowest BCUT2D eigenvalue weighted by Gasteiger charge is -2.20. The summed E-state index contributed by atoms with van der Waals surface area (Å²) >= 11 is 0. The first kappa shape index (κ1) is 16.3. The van der Waals surface area contributed by atoms with E-state index in [4.69, 9.17) is 10.5 Å². The lowest BCUT2D eigenvalue weighted by atomic mass is 9.96. The molecule has 1 aromatic rings. The topological polar surface area (TPSA) is 84.6 Å². The zero-order chi connectivity index (χ0) is 15.1. The van der Waals surface area contributed by atoms with Gasteiger partial charge < -0.3 is 20.9 Å². The summed E-state index contributed by atoms with van der Waals surface area (Å²) in [6, 6.07) is 5.04. The van der Waals surface area contributed by atoms with Gasteiger partial charge in [-0.05, 0) is 18.1 Å². The average molecular weight is 280 g/mol. The van der Waals surface area contributed by atoms with Crippen LogP contribution in [-0.4, -0.2) is 30.8 Å². The molecule has 0 spiro atoms. The third-order valence-corrected chi connectivity index (χ3v) is 3.60. The van der Waals surface area contributed by atoms with Crippen LogP contribution in [0.1, 0.15) is 37.0 Å². The minimum Gasteiger partial charge on any atom is -0.495 e. The lowest BCUT2D eigenvalue weighted by molar-refractivity contribution is 0.0817. The van der Waals surface area contributed by atoms with E-state index in [-0.39, 0.29) is 18.4 Å². The second-order valence-electron chi connectivity index (χ2n) is 4.78. The highest BCUT2D eigenvalue weighted by atomic mass is 16.5. The zero-order valence-corrected chi connectivity index (χ0v) is 12.3. The number of ether oxygens (including phenoxy) is 1. The van der Waals surface area contributed by atoms with Gasteiger partial charge in [-0.3, -0.25) is 4.79 Å². The number of anilines is 1. The van der Waals surface area contributed by atoms with Gasteiger partial charge >= 0.3 is 0 Å². The molecule has 0 aromatic heterocycles. The molecule has 0 aliphatic rings. The van der Waals surface area contributed by atoms with E-state index in [0.717, 1.165) is 12.8 Å². The van der Waals surface area contributed by atoms with Crippen LogP contribution in [0.5, 0.6) is 5.75 Å². The van der Waals surface area contributed by atoms with Crippen LogP contribution in [0.2, 0.25) is 0 Å². The van der Waals surface area contributed by atoms with Crippen LogP contribution in [0.3, 0.4) is 0 Å². The molecule has 0 saturated heterocycles. The monoisotopic (exact) mass is 280 g/mol. The van der Waals surface area contributed by atoms with Gasteiger partial charge in [0.05, 0.1) is 24.5 Å². The number of carbonyl (C=O) groups excluding carboxylic acids is 1. The van der Waals surface area contributed by atoms with E-state index in [9.17, 15) is 9.90 Å². The Hall–Kier alpha value is -1.75. The predicted octanol–water partition coefficient (Wildman–Crippen LogP) is 1.80. The fraction of sp³-hybridized carbons (Fsp3) is 0.533. The summed E-state index contributed by atoms with van der Waals surface area (Å²) in [5.41, 5.74) is 6.54. The van der Waals surface area contributed by atoms with Crippen molar-refractivity contribution >= 4 is 11.6 Å². The molecule has 1 rings (SSSR count). The van der Waals surface area contributed by atoms with E-state index in [1.165, 1.54) is 7.11 Å². The standard InChI is InChI=1S/C15H24N2O3/c1-4-10(5-2)12(18)9-17-15(19)11-7-6-8-13(20-3)14(11)16/h6-8,10,12,18H,4-5,9,16H2,1-3H3,(H,17,19). The maximum Gasteiger partial charge on any atom is 0.253 e. The Morgan fingerprint density at radius 2 is 2.05 bits per heavy atom. The molecule has 1 aromatic carbocycles. The van der Waals surface area contributed by atoms with Crippen molar-refractivity contribution in [1.82, 2.24) is 5.32 Å². The number of methoxy groups -OCH3 is 1. The number of para-hydroxylation sites is 1. The van der Waals surface area contributed by atoms with Gasteiger partial charge in [0.2, 0.25) is 0 Å². The highest BCUT2D eigenvalue weighted by Crippen LogP contribution is 2.24. The Labute approximate surface area is 120 Å². The maximum absolute atomic E-state index is 12.1. The molecular weight excluding hydrogens is 256 g/mol. The third-order valence-electron chi connectivity index (χ3n) is 3.60. The summed E-state index contributed by atoms with van der Waals surface area (Å²) in [4.78, 5) is 12.1. The van der Waals surface area contributed by atoms with Crippen LogP contribution >= 0.6 is 0 Å². The van der Waals surface area contributed by atoms with Crippen LogP contribution in [0.25, 0.3) is 0 Å². The molecule has 0 bridgehead atoms. The van der Waals surface area contributed by atoms with Crippen LogP contribution < -0.4 is 15.8 Å². The van der Waals surface area contributed by atoms with Crippen LogP contribution in [0.4, 0.5) is 5.69 Å². The second-order valence-corrected chi connectivity index (χ2v) is 4.78. The highest BCUT2D eigenvalue weighted by molar-refractivity contribution is 6.00. The first-order valence-electron chi connectivity index (χ1n) is 6.93. The Balaban J connectivity index is 2.68. The number of nitrogen functional groups attached to an aromatic ring is 1. The average Bonchev–Trinajstić information content (AvgIpc) is 2.46. The number of amides is 1. The molecule has 20 heavy (non-hydrogen) atoms. The van der Waals surface area contributed by atoms with Crippen molar-refractivity contribution in [2.75, 3.05) is 19.4 Å². The van der Waals surface area contributed by atoms with Gasteiger partial charge in [-0.1, -0.05) is 32.8 Å². The van der Waals surface area contributed by atoms with E-state index in [0.29, 0.717) is 17.0 Å². The Kier molecular flexibility index (Phi) is 6.31. The first-order chi connectivity index (χ1) is 9.54. The molecule has 0 saturated carbocycles. The van der Waals surface area contributed by atoms with Gasteiger partial charge in [-0.25, -0.2) is 0 Å². The summed E-state index contributed by atoms with van der Waals surface area (Å²) in [5.74, 6) is 0.363. The van der Waals surface area contributed by atoms with E-state index < -0.39 is 6.10 Å². The van der Waals surface area contributed by atoms with Crippen molar-refractivity contribution in [3.8, 4) is 5.75 Å². The number of aliphatic hydroxyl groups excluding tert-OH is 1. The normalized spacial score (nSPS) is 12.2. The van der Waals surface area contributed by atoms with E-state index in [1.807, 2.05) is 13.8 Å².